The number of fused-ring (bicyclic) bond motifs is 1. The zero-order valence-electron chi connectivity index (χ0n) is 17.7. The normalized spacial score (nSPS) is 18.0. The molecule has 1 amide bonds. The van der Waals surface area contributed by atoms with Gasteiger partial charge in [-0.15, -0.1) is 10.2 Å². The lowest BCUT2D eigenvalue weighted by molar-refractivity contribution is -0.120. The van der Waals surface area contributed by atoms with Crippen molar-refractivity contribution in [1.29, 1.82) is 0 Å². The minimum Gasteiger partial charge on any atom is -0.454 e. The molecule has 0 bridgehead atoms. The van der Waals surface area contributed by atoms with Crippen LogP contribution in [0.3, 0.4) is 0 Å². The SMILES string of the molecule is CC(Sc1nnc(-c2ccc3c(c2)OCO3)n1-c1ccccc1)C(=O)NCC1CCCO1. The molecule has 1 fully saturated rings. The number of hydrogen-bond acceptors (Lipinski definition) is 7. The topological polar surface area (TPSA) is 87.5 Å². The molecule has 0 spiro atoms. The number of nitrogens with zero attached hydrogens (tertiary/aromatic N) is 3. The molecule has 1 N–H and O–H groups in total. The molecule has 2 aliphatic heterocycles. The number of hydrogen-bond donors (Lipinski definition) is 1. The molecule has 9 heteroatoms. The molecule has 8 nitrogen and oxygen atoms in total. The highest BCUT2D eigenvalue weighted by Crippen LogP contribution is 2.37. The van der Waals surface area contributed by atoms with E-state index in [9.17, 15) is 4.79 Å². The maximum Gasteiger partial charge on any atom is 0.233 e. The van der Waals surface area contributed by atoms with Crippen LogP contribution in [0.5, 0.6) is 11.5 Å². The Bertz CT molecular complexity index is 1100. The number of rotatable bonds is 7. The molecule has 5 rings (SSSR count). The van der Waals surface area contributed by atoms with Gasteiger partial charge in [-0.3, -0.25) is 9.36 Å². The summed E-state index contributed by atoms with van der Waals surface area (Å²) in [6.45, 7) is 3.40. The van der Waals surface area contributed by atoms with Crippen LogP contribution < -0.4 is 14.8 Å². The Labute approximate surface area is 190 Å². The van der Waals surface area contributed by atoms with Crippen molar-refractivity contribution in [3.8, 4) is 28.6 Å². The lowest BCUT2D eigenvalue weighted by Crippen LogP contribution is -2.36. The molecule has 0 saturated carbocycles. The van der Waals surface area contributed by atoms with E-state index in [2.05, 4.69) is 15.5 Å². The summed E-state index contributed by atoms with van der Waals surface area (Å²) in [6, 6.07) is 15.6. The molecule has 0 radical (unpaired) electrons. The number of aromatic nitrogens is 3. The fourth-order valence-corrected chi connectivity index (χ4v) is 4.65. The zero-order valence-corrected chi connectivity index (χ0v) is 18.5. The first-order valence-electron chi connectivity index (χ1n) is 10.7. The Kier molecular flexibility index (Phi) is 6.00. The molecule has 1 aromatic heterocycles. The summed E-state index contributed by atoms with van der Waals surface area (Å²) in [5, 5.41) is 12.2. The van der Waals surface area contributed by atoms with E-state index in [1.54, 1.807) is 0 Å². The second kappa shape index (κ2) is 9.22. The third-order valence-electron chi connectivity index (χ3n) is 5.46. The lowest BCUT2D eigenvalue weighted by Gasteiger charge is -2.15. The van der Waals surface area contributed by atoms with Gasteiger partial charge in [-0.05, 0) is 50.1 Å². The summed E-state index contributed by atoms with van der Waals surface area (Å²) in [4.78, 5) is 12.7. The van der Waals surface area contributed by atoms with Crippen LogP contribution in [0.15, 0.2) is 53.7 Å². The lowest BCUT2D eigenvalue weighted by atomic mass is 10.2. The van der Waals surface area contributed by atoms with Crippen LogP contribution in [0.2, 0.25) is 0 Å². The fourth-order valence-electron chi connectivity index (χ4n) is 3.75. The number of carbonyl (C=O) groups excluding carboxylic acids is 1. The highest BCUT2D eigenvalue weighted by Gasteiger charge is 2.24. The smallest absolute Gasteiger partial charge is 0.233 e. The van der Waals surface area contributed by atoms with Crippen LogP contribution in [0.25, 0.3) is 17.1 Å². The minimum absolute atomic E-state index is 0.0438. The van der Waals surface area contributed by atoms with Crippen LogP contribution in [-0.4, -0.2) is 52.0 Å². The van der Waals surface area contributed by atoms with Gasteiger partial charge in [-0.25, -0.2) is 0 Å². The van der Waals surface area contributed by atoms with Crippen molar-refractivity contribution < 1.29 is 19.0 Å². The predicted octanol–water partition coefficient (Wildman–Crippen LogP) is 3.44. The third kappa shape index (κ3) is 4.31. The number of carbonyl (C=O) groups is 1. The highest BCUT2D eigenvalue weighted by atomic mass is 32.2. The number of benzene rings is 2. The van der Waals surface area contributed by atoms with E-state index in [0.29, 0.717) is 29.0 Å². The molecule has 1 saturated heterocycles. The number of thioether (sulfide) groups is 1. The van der Waals surface area contributed by atoms with E-state index in [1.807, 2.05) is 60.0 Å². The second-order valence-corrected chi connectivity index (χ2v) is 8.99. The number of amides is 1. The van der Waals surface area contributed by atoms with Crippen molar-refractivity contribution in [2.24, 2.45) is 0 Å². The van der Waals surface area contributed by atoms with Crippen molar-refractivity contribution in [2.45, 2.75) is 36.3 Å². The van der Waals surface area contributed by atoms with Gasteiger partial charge in [0.25, 0.3) is 0 Å². The molecular formula is C23H24N4O4S. The van der Waals surface area contributed by atoms with Crippen molar-refractivity contribution >= 4 is 17.7 Å². The minimum atomic E-state index is -0.340. The van der Waals surface area contributed by atoms with Crippen molar-refractivity contribution in [1.82, 2.24) is 20.1 Å². The average molecular weight is 453 g/mol. The van der Waals surface area contributed by atoms with Crippen LogP contribution in [-0.2, 0) is 9.53 Å². The number of nitrogens with one attached hydrogen (secondary N) is 1. The Balaban J connectivity index is 1.40. The van der Waals surface area contributed by atoms with E-state index in [0.717, 1.165) is 30.7 Å². The zero-order chi connectivity index (χ0) is 21.9. The molecule has 3 aromatic rings. The molecular weight excluding hydrogens is 428 g/mol. The first-order chi connectivity index (χ1) is 15.7. The van der Waals surface area contributed by atoms with Gasteiger partial charge in [0.2, 0.25) is 12.7 Å². The quantitative estimate of drug-likeness (QED) is 0.550. The van der Waals surface area contributed by atoms with Crippen LogP contribution >= 0.6 is 11.8 Å². The summed E-state index contributed by atoms with van der Waals surface area (Å²) in [5.74, 6) is 2.02. The number of para-hydroxylation sites is 1. The Morgan fingerprint density at radius 2 is 2.03 bits per heavy atom. The van der Waals surface area contributed by atoms with E-state index < -0.39 is 0 Å². The molecule has 2 atom stereocenters. The number of ether oxygens (including phenoxy) is 3. The first kappa shape index (κ1) is 20.8. The molecule has 3 heterocycles. The summed E-state index contributed by atoms with van der Waals surface area (Å²) in [6.07, 6.45) is 2.15. The van der Waals surface area contributed by atoms with Gasteiger partial charge >= 0.3 is 0 Å². The van der Waals surface area contributed by atoms with Gasteiger partial charge < -0.3 is 19.5 Å². The van der Waals surface area contributed by atoms with Crippen molar-refractivity contribution in [2.75, 3.05) is 19.9 Å². The standard InChI is InChI=1S/C23H24N4O4S/c1-15(22(28)24-13-18-8-5-11-29-18)32-23-26-25-21(27(23)17-6-3-2-4-7-17)16-9-10-19-20(12-16)31-14-30-19/h2-4,6-7,9-10,12,15,18H,5,8,11,13-14H2,1H3,(H,24,28). The Hall–Kier alpha value is -3.04. The summed E-state index contributed by atoms with van der Waals surface area (Å²) >= 11 is 1.38. The van der Waals surface area contributed by atoms with E-state index >= 15 is 0 Å². The van der Waals surface area contributed by atoms with Crippen molar-refractivity contribution in [3.05, 3.63) is 48.5 Å². The molecule has 166 valence electrons. The van der Waals surface area contributed by atoms with E-state index in [-0.39, 0.29) is 24.1 Å². The molecule has 2 unspecified atom stereocenters. The Morgan fingerprint density at radius 3 is 2.84 bits per heavy atom. The third-order valence-corrected chi connectivity index (χ3v) is 6.50. The van der Waals surface area contributed by atoms with Gasteiger partial charge in [0, 0.05) is 24.4 Å². The van der Waals surface area contributed by atoms with E-state index in [4.69, 9.17) is 14.2 Å². The van der Waals surface area contributed by atoms with Gasteiger partial charge in [0.05, 0.1) is 11.4 Å². The predicted molar refractivity (Wildman–Crippen MR) is 120 cm³/mol. The van der Waals surface area contributed by atoms with Crippen LogP contribution in [0.4, 0.5) is 0 Å². The molecule has 32 heavy (non-hydrogen) atoms. The molecule has 2 aromatic carbocycles. The largest absolute Gasteiger partial charge is 0.454 e. The van der Waals surface area contributed by atoms with Gasteiger partial charge in [-0.2, -0.15) is 0 Å². The summed E-state index contributed by atoms with van der Waals surface area (Å²) < 4.78 is 18.5. The molecule has 0 aliphatic carbocycles. The highest BCUT2D eigenvalue weighted by molar-refractivity contribution is 8.00. The van der Waals surface area contributed by atoms with Gasteiger partial charge in [0.1, 0.15) is 0 Å². The van der Waals surface area contributed by atoms with E-state index in [1.165, 1.54) is 11.8 Å². The van der Waals surface area contributed by atoms with Gasteiger partial charge in [0.15, 0.2) is 22.5 Å². The molecule has 2 aliphatic rings. The second-order valence-electron chi connectivity index (χ2n) is 7.69. The van der Waals surface area contributed by atoms with Crippen LogP contribution in [0.1, 0.15) is 19.8 Å². The van der Waals surface area contributed by atoms with Crippen molar-refractivity contribution in [3.63, 3.8) is 0 Å². The van der Waals surface area contributed by atoms with Gasteiger partial charge in [-0.1, -0.05) is 30.0 Å². The van der Waals surface area contributed by atoms with Crippen LogP contribution in [0, 0.1) is 0 Å². The monoisotopic (exact) mass is 452 g/mol. The first-order valence-corrected chi connectivity index (χ1v) is 11.5. The maximum absolute atomic E-state index is 12.7. The average Bonchev–Trinajstić information content (AvgIpc) is 3.58. The maximum atomic E-state index is 12.7. The summed E-state index contributed by atoms with van der Waals surface area (Å²) in [5.41, 5.74) is 1.77. The fraction of sp³-hybridized carbons (Fsp3) is 0.348. The summed E-state index contributed by atoms with van der Waals surface area (Å²) in [7, 11) is 0. The Morgan fingerprint density at radius 1 is 1.19 bits per heavy atom.